The van der Waals surface area contributed by atoms with E-state index in [9.17, 15) is 9.50 Å². The lowest BCUT2D eigenvalue weighted by molar-refractivity contribution is 0.00335. The number of benzene rings is 1. The molecule has 2 heterocycles. The molecule has 0 spiro atoms. The van der Waals surface area contributed by atoms with Gasteiger partial charge in [-0.05, 0) is 30.7 Å². The van der Waals surface area contributed by atoms with E-state index in [1.165, 1.54) is 19.2 Å². The van der Waals surface area contributed by atoms with Crippen LogP contribution in [0.2, 0.25) is 0 Å². The highest BCUT2D eigenvalue weighted by molar-refractivity contribution is 5.22. The third-order valence-electron chi connectivity index (χ3n) is 4.00. The molecule has 0 bridgehead atoms. The van der Waals surface area contributed by atoms with Crippen molar-refractivity contribution in [2.45, 2.75) is 18.6 Å². The molecule has 0 saturated carbocycles. The van der Waals surface area contributed by atoms with Crippen LogP contribution in [0.5, 0.6) is 11.8 Å². The second kappa shape index (κ2) is 7.11. The van der Waals surface area contributed by atoms with Crippen molar-refractivity contribution in [3.05, 3.63) is 48.0 Å². The highest BCUT2D eigenvalue weighted by Crippen LogP contribution is 2.24. The Hall–Kier alpha value is -2.25. The summed E-state index contributed by atoms with van der Waals surface area (Å²) in [5.41, 5.74) is 0.0429. The third-order valence-corrected chi connectivity index (χ3v) is 4.00. The van der Waals surface area contributed by atoms with E-state index in [-0.39, 0.29) is 12.4 Å². The number of hydrogen-bond acceptors (Lipinski definition) is 6. The van der Waals surface area contributed by atoms with E-state index in [4.69, 9.17) is 9.47 Å². The van der Waals surface area contributed by atoms with Crippen molar-refractivity contribution in [2.24, 2.45) is 0 Å². The van der Waals surface area contributed by atoms with Gasteiger partial charge in [-0.15, -0.1) is 0 Å². The number of methoxy groups -OCH3 is 1. The number of nitrogens with zero attached hydrogens (tertiary/aromatic N) is 3. The van der Waals surface area contributed by atoms with Crippen LogP contribution in [0, 0.1) is 5.82 Å². The van der Waals surface area contributed by atoms with Crippen molar-refractivity contribution in [3.63, 3.8) is 0 Å². The maximum absolute atomic E-state index is 12.9. The van der Waals surface area contributed by atoms with Gasteiger partial charge in [0.25, 0.3) is 0 Å². The van der Waals surface area contributed by atoms with Crippen molar-refractivity contribution in [3.8, 4) is 11.8 Å². The van der Waals surface area contributed by atoms with Gasteiger partial charge in [0.15, 0.2) is 0 Å². The Labute approximate surface area is 139 Å². The molecule has 7 heteroatoms. The average molecular weight is 333 g/mol. The van der Waals surface area contributed by atoms with Crippen molar-refractivity contribution in [2.75, 3.05) is 26.8 Å². The molecular weight excluding hydrogens is 313 g/mol. The predicted molar refractivity (Wildman–Crippen MR) is 85.3 cm³/mol. The fraction of sp³-hybridized carbons (Fsp3) is 0.412. The molecule has 3 rings (SSSR count). The molecule has 1 aromatic carbocycles. The minimum atomic E-state index is -0.915. The fourth-order valence-electron chi connectivity index (χ4n) is 2.73. The molecule has 0 radical (unpaired) electrons. The number of aliphatic hydroxyl groups is 1. The van der Waals surface area contributed by atoms with Gasteiger partial charge in [0.1, 0.15) is 23.8 Å². The second-order valence-electron chi connectivity index (χ2n) is 6.01. The van der Waals surface area contributed by atoms with Gasteiger partial charge in [-0.3, -0.25) is 4.90 Å². The summed E-state index contributed by atoms with van der Waals surface area (Å²) >= 11 is 0. The number of β-amino-alcohol motifs (C(OH)–C–C–N with tert-alkyl or cyclic N) is 1. The lowest BCUT2D eigenvalue weighted by atomic mass is 10.1. The van der Waals surface area contributed by atoms with Crippen molar-refractivity contribution in [1.82, 2.24) is 14.9 Å². The van der Waals surface area contributed by atoms with Crippen molar-refractivity contribution >= 4 is 0 Å². The zero-order valence-electron chi connectivity index (χ0n) is 13.5. The Morgan fingerprint density at radius 3 is 2.62 bits per heavy atom. The molecule has 1 saturated heterocycles. The lowest BCUT2D eigenvalue weighted by Crippen LogP contribution is -2.39. The third kappa shape index (κ3) is 4.18. The van der Waals surface area contributed by atoms with E-state index in [2.05, 4.69) is 14.9 Å². The molecule has 0 amide bonds. The molecule has 2 aromatic rings. The van der Waals surface area contributed by atoms with Crippen LogP contribution in [-0.4, -0.2) is 52.4 Å². The van der Waals surface area contributed by atoms with Crippen LogP contribution in [0.15, 0.2) is 36.7 Å². The molecular formula is C17H20FN3O3. The van der Waals surface area contributed by atoms with Crippen molar-refractivity contribution < 1.29 is 19.0 Å². The Bertz CT molecular complexity index is 666. The Morgan fingerprint density at radius 1 is 1.25 bits per heavy atom. The predicted octanol–water partition coefficient (Wildman–Crippen LogP) is 1.64. The highest BCUT2D eigenvalue weighted by Gasteiger charge is 2.36. The van der Waals surface area contributed by atoms with E-state index in [1.54, 1.807) is 24.5 Å². The molecule has 128 valence electrons. The summed E-state index contributed by atoms with van der Waals surface area (Å²) in [7, 11) is 1.52. The fourth-order valence-corrected chi connectivity index (χ4v) is 2.73. The SMILES string of the molecule is COc1ncc(CN2CC[C@](O)(COc3ccc(F)cc3)C2)cn1. The molecule has 1 aliphatic heterocycles. The zero-order valence-corrected chi connectivity index (χ0v) is 13.5. The number of aromatic nitrogens is 2. The van der Waals surface area contributed by atoms with E-state index in [0.717, 1.165) is 12.1 Å². The molecule has 1 aromatic heterocycles. The van der Waals surface area contributed by atoms with E-state index >= 15 is 0 Å². The summed E-state index contributed by atoms with van der Waals surface area (Å²) < 4.78 is 23.4. The van der Waals surface area contributed by atoms with Crippen LogP contribution >= 0.6 is 0 Å². The van der Waals surface area contributed by atoms with Crippen LogP contribution in [0.4, 0.5) is 4.39 Å². The van der Waals surface area contributed by atoms with E-state index in [1.807, 2.05) is 0 Å². The maximum Gasteiger partial charge on any atom is 0.316 e. The number of ether oxygens (including phenoxy) is 2. The molecule has 6 nitrogen and oxygen atoms in total. The van der Waals surface area contributed by atoms with Crippen LogP contribution in [0.3, 0.4) is 0 Å². The monoisotopic (exact) mass is 333 g/mol. The van der Waals surface area contributed by atoms with Crippen LogP contribution in [-0.2, 0) is 6.54 Å². The standard InChI is InChI=1S/C17H20FN3O3/c1-23-16-19-8-13(9-20-16)10-21-7-6-17(22,11-21)12-24-15-4-2-14(18)3-5-15/h2-5,8-9,22H,6-7,10-12H2,1H3/t17-/m1/s1. The van der Waals surface area contributed by atoms with E-state index < -0.39 is 5.60 Å². The first-order valence-electron chi connectivity index (χ1n) is 7.74. The first kappa shape index (κ1) is 16.6. The number of halogens is 1. The molecule has 1 aliphatic rings. The quantitative estimate of drug-likeness (QED) is 0.867. The number of hydrogen-bond donors (Lipinski definition) is 1. The number of rotatable bonds is 6. The summed E-state index contributed by atoms with van der Waals surface area (Å²) in [6.45, 7) is 2.09. The zero-order chi connectivity index (χ0) is 17.0. The molecule has 24 heavy (non-hydrogen) atoms. The normalized spacial score (nSPS) is 21.0. The lowest BCUT2D eigenvalue weighted by Gasteiger charge is -2.23. The van der Waals surface area contributed by atoms with Gasteiger partial charge in [-0.2, -0.15) is 0 Å². The molecule has 0 aliphatic carbocycles. The van der Waals surface area contributed by atoms with Gasteiger partial charge in [-0.1, -0.05) is 0 Å². The summed E-state index contributed by atoms with van der Waals surface area (Å²) in [5.74, 6) is 0.238. The molecule has 0 unspecified atom stereocenters. The summed E-state index contributed by atoms with van der Waals surface area (Å²) in [4.78, 5) is 10.3. The van der Waals surface area contributed by atoms with Crippen molar-refractivity contribution in [1.29, 1.82) is 0 Å². The van der Waals surface area contributed by atoms with Gasteiger partial charge in [-0.25, -0.2) is 14.4 Å². The first-order valence-corrected chi connectivity index (χ1v) is 7.74. The largest absolute Gasteiger partial charge is 0.491 e. The summed E-state index contributed by atoms with van der Waals surface area (Å²) in [6, 6.07) is 6.12. The van der Waals surface area contributed by atoms with Gasteiger partial charge in [0, 0.05) is 37.6 Å². The maximum atomic E-state index is 12.9. The minimum Gasteiger partial charge on any atom is -0.491 e. The molecule has 1 atom stereocenters. The summed E-state index contributed by atoms with van der Waals surface area (Å²) in [5, 5.41) is 10.6. The smallest absolute Gasteiger partial charge is 0.316 e. The van der Waals surface area contributed by atoms with Crippen LogP contribution in [0.1, 0.15) is 12.0 Å². The summed E-state index contributed by atoms with van der Waals surface area (Å²) in [6.07, 6.45) is 4.06. The van der Waals surface area contributed by atoms with Gasteiger partial charge in [0.2, 0.25) is 0 Å². The molecule has 1 fully saturated rings. The van der Waals surface area contributed by atoms with Crippen LogP contribution in [0.25, 0.3) is 0 Å². The van der Waals surface area contributed by atoms with Gasteiger partial charge < -0.3 is 14.6 Å². The Morgan fingerprint density at radius 2 is 1.96 bits per heavy atom. The molecule has 1 N–H and O–H groups in total. The topological polar surface area (TPSA) is 67.7 Å². The van der Waals surface area contributed by atoms with Gasteiger partial charge in [0.05, 0.1) is 7.11 Å². The van der Waals surface area contributed by atoms with Crippen LogP contribution < -0.4 is 9.47 Å². The minimum absolute atomic E-state index is 0.175. The second-order valence-corrected chi connectivity index (χ2v) is 6.01. The van der Waals surface area contributed by atoms with Gasteiger partial charge >= 0.3 is 6.01 Å². The Balaban J connectivity index is 1.52. The Kier molecular flexibility index (Phi) is 4.92. The highest BCUT2D eigenvalue weighted by atomic mass is 19.1. The number of likely N-dealkylation sites (tertiary alicyclic amines) is 1. The average Bonchev–Trinajstić information content (AvgIpc) is 2.96. The van der Waals surface area contributed by atoms with E-state index in [0.29, 0.717) is 31.3 Å². The first-order chi connectivity index (χ1) is 11.6.